The lowest BCUT2D eigenvalue weighted by molar-refractivity contribution is -0.384. The van der Waals surface area contributed by atoms with E-state index in [1.165, 1.54) is 22.9 Å². The summed E-state index contributed by atoms with van der Waals surface area (Å²) in [6.45, 7) is 0. The second kappa shape index (κ2) is 4.77. The number of para-hydroxylation sites is 1. The van der Waals surface area contributed by atoms with E-state index in [1.807, 2.05) is 0 Å². The van der Waals surface area contributed by atoms with Gasteiger partial charge in [-0.15, -0.1) is 0 Å². The lowest BCUT2D eigenvalue weighted by atomic mass is 10.1. The van der Waals surface area contributed by atoms with Crippen molar-refractivity contribution in [1.29, 1.82) is 0 Å². The molecule has 0 radical (unpaired) electrons. The molecule has 19 heavy (non-hydrogen) atoms. The average molecular weight is 262 g/mol. The number of carboxylic acids is 1. The van der Waals surface area contributed by atoms with Crippen LogP contribution < -0.4 is 5.32 Å². The van der Waals surface area contributed by atoms with Gasteiger partial charge >= 0.3 is 11.7 Å². The molecule has 0 bridgehead atoms. The Labute approximate surface area is 107 Å². The normalized spacial score (nSPS) is 10.2. The summed E-state index contributed by atoms with van der Waals surface area (Å²) < 4.78 is 1.52. The number of nitrogens with one attached hydrogen (secondary N) is 1. The zero-order valence-electron chi connectivity index (χ0n) is 9.90. The van der Waals surface area contributed by atoms with E-state index in [4.69, 9.17) is 5.11 Å². The largest absolute Gasteiger partial charge is 0.477 e. The molecule has 0 aliphatic rings. The molecule has 1 heterocycles. The number of rotatable bonds is 4. The fraction of sp³-hybridized carbons (Fsp3) is 0.0909. The topological polar surface area (TPSA) is 110 Å². The van der Waals surface area contributed by atoms with Crippen molar-refractivity contribution in [3.05, 3.63) is 46.1 Å². The summed E-state index contributed by atoms with van der Waals surface area (Å²) in [6, 6.07) is 5.67. The molecule has 0 spiro atoms. The second-order valence-electron chi connectivity index (χ2n) is 3.76. The van der Waals surface area contributed by atoms with Gasteiger partial charge in [0.2, 0.25) is 0 Å². The van der Waals surface area contributed by atoms with Gasteiger partial charge in [0.25, 0.3) is 0 Å². The van der Waals surface area contributed by atoms with Gasteiger partial charge in [0.15, 0.2) is 5.82 Å². The minimum absolute atomic E-state index is 0.0867. The van der Waals surface area contributed by atoms with E-state index >= 15 is 0 Å². The van der Waals surface area contributed by atoms with E-state index in [0.717, 1.165) is 0 Å². The smallest absolute Gasteiger partial charge is 0.342 e. The van der Waals surface area contributed by atoms with Crippen LogP contribution in [0.1, 0.15) is 10.4 Å². The summed E-state index contributed by atoms with van der Waals surface area (Å²) in [7, 11) is 1.70. The Balaban J connectivity index is 2.47. The highest BCUT2D eigenvalue weighted by Crippen LogP contribution is 2.30. The fourth-order valence-electron chi connectivity index (χ4n) is 1.63. The quantitative estimate of drug-likeness (QED) is 0.641. The third kappa shape index (κ3) is 2.51. The third-order valence-electron chi connectivity index (χ3n) is 2.43. The highest BCUT2D eigenvalue weighted by molar-refractivity contribution is 5.95. The number of nitro groups is 1. The summed E-state index contributed by atoms with van der Waals surface area (Å²) in [6.07, 6.45) is 1.66. The molecule has 98 valence electrons. The number of anilines is 2. The first-order chi connectivity index (χ1) is 8.99. The third-order valence-corrected chi connectivity index (χ3v) is 2.43. The number of hydrogen-bond acceptors (Lipinski definition) is 5. The maximum Gasteiger partial charge on any atom is 0.342 e. The molecule has 0 aliphatic heterocycles. The number of aryl methyl sites for hydroxylation is 1. The van der Waals surface area contributed by atoms with Crippen LogP contribution in [0, 0.1) is 10.1 Å². The zero-order chi connectivity index (χ0) is 14.0. The van der Waals surface area contributed by atoms with Gasteiger partial charge in [0, 0.05) is 19.3 Å². The lowest BCUT2D eigenvalue weighted by Crippen LogP contribution is -2.06. The summed E-state index contributed by atoms with van der Waals surface area (Å²) in [5.41, 5.74) is -0.768. The van der Waals surface area contributed by atoms with Crippen molar-refractivity contribution >= 4 is 23.2 Å². The minimum atomic E-state index is -1.35. The van der Waals surface area contributed by atoms with Crippen molar-refractivity contribution in [2.45, 2.75) is 0 Å². The highest BCUT2D eigenvalue weighted by atomic mass is 16.6. The Kier molecular flexibility index (Phi) is 3.15. The highest BCUT2D eigenvalue weighted by Gasteiger charge is 2.24. The molecule has 8 heteroatoms. The van der Waals surface area contributed by atoms with E-state index in [9.17, 15) is 14.9 Å². The molecule has 2 N–H and O–H groups in total. The molecular weight excluding hydrogens is 252 g/mol. The Morgan fingerprint density at radius 2 is 2.21 bits per heavy atom. The minimum Gasteiger partial charge on any atom is -0.477 e. The van der Waals surface area contributed by atoms with Crippen molar-refractivity contribution in [1.82, 2.24) is 9.78 Å². The fourth-order valence-corrected chi connectivity index (χ4v) is 1.63. The molecule has 0 saturated heterocycles. The summed E-state index contributed by atoms with van der Waals surface area (Å²) in [5.74, 6) is -0.954. The van der Waals surface area contributed by atoms with E-state index in [2.05, 4.69) is 10.4 Å². The first-order valence-electron chi connectivity index (χ1n) is 5.26. The lowest BCUT2D eigenvalue weighted by Gasteiger charge is -2.06. The van der Waals surface area contributed by atoms with Gasteiger partial charge in [-0.05, 0) is 12.1 Å². The van der Waals surface area contributed by atoms with Gasteiger partial charge in [-0.1, -0.05) is 6.07 Å². The van der Waals surface area contributed by atoms with Gasteiger partial charge in [0.1, 0.15) is 11.3 Å². The average Bonchev–Trinajstić information content (AvgIpc) is 2.74. The molecule has 0 saturated carbocycles. The van der Waals surface area contributed by atoms with Crippen LogP contribution in [0.3, 0.4) is 0 Å². The van der Waals surface area contributed by atoms with Crippen molar-refractivity contribution in [2.24, 2.45) is 7.05 Å². The van der Waals surface area contributed by atoms with E-state index in [0.29, 0.717) is 5.82 Å². The standard InChI is InChI=1S/C11H10N4O4/c1-14-6-5-9(13-14)12-8-4-2-3-7(11(16)17)10(8)15(18)19/h2-6H,1H3,(H,12,13)(H,16,17). The van der Waals surface area contributed by atoms with Crippen LogP contribution in [0.5, 0.6) is 0 Å². The molecule has 0 aliphatic carbocycles. The number of nitrogens with zero attached hydrogens (tertiary/aromatic N) is 3. The van der Waals surface area contributed by atoms with Gasteiger partial charge in [-0.3, -0.25) is 14.8 Å². The molecule has 0 atom stereocenters. The maximum atomic E-state index is 11.0. The number of hydrogen-bond donors (Lipinski definition) is 2. The Bertz CT molecular complexity index is 650. The summed E-state index contributed by atoms with van der Waals surface area (Å²) in [5, 5.41) is 26.7. The van der Waals surface area contributed by atoms with Crippen molar-refractivity contribution in [3.63, 3.8) is 0 Å². The van der Waals surface area contributed by atoms with E-state index in [1.54, 1.807) is 19.3 Å². The molecule has 2 rings (SSSR count). The Morgan fingerprint density at radius 1 is 1.47 bits per heavy atom. The molecule has 0 amide bonds. The molecule has 8 nitrogen and oxygen atoms in total. The molecule has 2 aromatic rings. The number of carboxylic acid groups (broad SMARTS) is 1. The predicted octanol–water partition coefficient (Wildman–Crippen LogP) is 1.77. The predicted molar refractivity (Wildman–Crippen MR) is 66.5 cm³/mol. The Morgan fingerprint density at radius 3 is 2.74 bits per heavy atom. The number of aromatic carboxylic acids is 1. The number of benzene rings is 1. The van der Waals surface area contributed by atoms with Gasteiger partial charge in [-0.25, -0.2) is 4.79 Å². The summed E-state index contributed by atoms with van der Waals surface area (Å²) in [4.78, 5) is 21.3. The second-order valence-corrected chi connectivity index (χ2v) is 3.76. The molecule has 1 aromatic heterocycles. The van der Waals surface area contributed by atoms with Crippen LogP contribution in [0.15, 0.2) is 30.5 Å². The van der Waals surface area contributed by atoms with Crippen LogP contribution in [0.4, 0.5) is 17.2 Å². The van der Waals surface area contributed by atoms with Crippen molar-refractivity contribution in [3.8, 4) is 0 Å². The molecule has 0 fully saturated rings. The Hall–Kier alpha value is -2.90. The zero-order valence-corrected chi connectivity index (χ0v) is 9.90. The number of nitro benzene ring substituents is 1. The van der Waals surface area contributed by atoms with Gasteiger partial charge in [-0.2, -0.15) is 5.10 Å². The molecule has 0 unspecified atom stereocenters. The molecular formula is C11H10N4O4. The maximum absolute atomic E-state index is 11.0. The monoisotopic (exact) mass is 262 g/mol. The van der Waals surface area contributed by atoms with Gasteiger partial charge in [0.05, 0.1) is 4.92 Å². The first kappa shape index (κ1) is 12.6. The van der Waals surface area contributed by atoms with Crippen molar-refractivity contribution in [2.75, 3.05) is 5.32 Å². The van der Waals surface area contributed by atoms with Crippen LogP contribution in [0.25, 0.3) is 0 Å². The van der Waals surface area contributed by atoms with Crippen LogP contribution in [0.2, 0.25) is 0 Å². The van der Waals surface area contributed by atoms with E-state index < -0.39 is 16.6 Å². The van der Waals surface area contributed by atoms with Gasteiger partial charge < -0.3 is 10.4 Å². The SMILES string of the molecule is Cn1ccc(Nc2cccc(C(=O)O)c2[N+](=O)[O-])n1. The molecule has 1 aromatic carbocycles. The van der Waals surface area contributed by atoms with Crippen molar-refractivity contribution < 1.29 is 14.8 Å². The van der Waals surface area contributed by atoms with E-state index in [-0.39, 0.29) is 11.3 Å². The first-order valence-corrected chi connectivity index (χ1v) is 5.26. The number of carbonyl (C=O) groups is 1. The van der Waals surface area contributed by atoms with Crippen LogP contribution >= 0.6 is 0 Å². The van der Waals surface area contributed by atoms with Crippen LogP contribution in [-0.2, 0) is 7.05 Å². The number of aromatic nitrogens is 2. The van der Waals surface area contributed by atoms with Crippen LogP contribution in [-0.4, -0.2) is 25.8 Å². The summed E-state index contributed by atoms with van der Waals surface area (Å²) >= 11 is 0.